The van der Waals surface area contributed by atoms with Gasteiger partial charge in [0.1, 0.15) is 0 Å². The number of nitrogen functional groups attached to an aromatic ring is 1. The summed E-state index contributed by atoms with van der Waals surface area (Å²) in [5.41, 5.74) is 7.18. The Balaban J connectivity index is 1.86. The molecule has 6 nitrogen and oxygen atoms in total. The molecule has 0 radical (unpaired) electrons. The van der Waals surface area contributed by atoms with Gasteiger partial charge in [-0.3, -0.25) is 0 Å². The standard InChI is InChI=1S/C13H17N3O3/c1-17-8-9-18-7-6-12-15-13(19-16-12)10-2-4-11(14)5-3-10/h2-5H,6-9,14H2,1H3. The van der Waals surface area contributed by atoms with E-state index in [1.165, 1.54) is 0 Å². The number of nitrogens with zero attached hydrogens (tertiary/aromatic N) is 2. The summed E-state index contributed by atoms with van der Waals surface area (Å²) in [4.78, 5) is 4.30. The van der Waals surface area contributed by atoms with Crippen LogP contribution in [-0.2, 0) is 15.9 Å². The smallest absolute Gasteiger partial charge is 0.257 e. The first kappa shape index (κ1) is 13.5. The first-order valence-corrected chi connectivity index (χ1v) is 6.05. The van der Waals surface area contributed by atoms with E-state index in [-0.39, 0.29) is 0 Å². The van der Waals surface area contributed by atoms with Gasteiger partial charge in [-0.25, -0.2) is 0 Å². The summed E-state index contributed by atoms with van der Waals surface area (Å²) in [6, 6.07) is 7.30. The van der Waals surface area contributed by atoms with Crippen molar-refractivity contribution in [2.24, 2.45) is 0 Å². The quantitative estimate of drug-likeness (QED) is 0.602. The molecule has 0 spiro atoms. The minimum absolute atomic E-state index is 0.492. The Morgan fingerprint density at radius 2 is 1.95 bits per heavy atom. The molecule has 0 aliphatic rings. The predicted octanol–water partition coefficient (Wildman–Crippen LogP) is 1.52. The Hall–Kier alpha value is -1.92. The van der Waals surface area contributed by atoms with Gasteiger partial charge in [-0.15, -0.1) is 0 Å². The lowest BCUT2D eigenvalue weighted by molar-refractivity contribution is 0.0714. The maximum absolute atomic E-state index is 5.62. The number of hydrogen-bond acceptors (Lipinski definition) is 6. The van der Waals surface area contributed by atoms with E-state index in [1.54, 1.807) is 19.2 Å². The van der Waals surface area contributed by atoms with Crippen LogP contribution in [-0.4, -0.2) is 37.1 Å². The minimum atomic E-state index is 0.492. The highest BCUT2D eigenvalue weighted by Gasteiger charge is 2.08. The molecule has 19 heavy (non-hydrogen) atoms. The van der Waals surface area contributed by atoms with Crippen LogP contribution in [0.25, 0.3) is 11.5 Å². The fourth-order valence-corrected chi connectivity index (χ4v) is 1.51. The van der Waals surface area contributed by atoms with Crippen molar-refractivity contribution in [3.8, 4) is 11.5 Å². The number of benzene rings is 1. The molecule has 2 N–H and O–H groups in total. The fraction of sp³-hybridized carbons (Fsp3) is 0.385. The lowest BCUT2D eigenvalue weighted by Crippen LogP contribution is -2.05. The molecule has 0 aliphatic carbocycles. The fourth-order valence-electron chi connectivity index (χ4n) is 1.51. The van der Waals surface area contributed by atoms with E-state index < -0.39 is 0 Å². The number of hydrogen-bond donors (Lipinski definition) is 1. The van der Waals surface area contributed by atoms with E-state index in [0.717, 1.165) is 5.56 Å². The molecule has 0 atom stereocenters. The predicted molar refractivity (Wildman–Crippen MR) is 70.5 cm³/mol. The van der Waals surface area contributed by atoms with E-state index in [4.69, 9.17) is 19.7 Å². The van der Waals surface area contributed by atoms with Crippen LogP contribution >= 0.6 is 0 Å². The van der Waals surface area contributed by atoms with Gasteiger partial charge in [-0.1, -0.05) is 5.16 Å². The van der Waals surface area contributed by atoms with E-state index in [2.05, 4.69) is 10.1 Å². The first-order valence-electron chi connectivity index (χ1n) is 6.05. The van der Waals surface area contributed by atoms with Crippen LogP contribution in [0.15, 0.2) is 28.8 Å². The zero-order valence-electron chi connectivity index (χ0n) is 10.8. The molecule has 0 aliphatic heterocycles. The highest BCUT2D eigenvalue weighted by molar-refractivity contribution is 5.56. The molecular formula is C13H17N3O3. The van der Waals surface area contributed by atoms with Crippen LogP contribution in [0.3, 0.4) is 0 Å². The average molecular weight is 263 g/mol. The van der Waals surface area contributed by atoms with Gasteiger partial charge < -0.3 is 19.7 Å². The van der Waals surface area contributed by atoms with Gasteiger partial charge in [-0.05, 0) is 24.3 Å². The molecule has 2 rings (SSSR count). The zero-order chi connectivity index (χ0) is 13.5. The lowest BCUT2D eigenvalue weighted by atomic mass is 10.2. The summed E-state index contributed by atoms with van der Waals surface area (Å²) in [6.45, 7) is 1.70. The molecule has 6 heteroatoms. The number of rotatable bonds is 7. The van der Waals surface area contributed by atoms with Crippen LogP contribution in [0.4, 0.5) is 5.69 Å². The molecule has 1 aromatic carbocycles. The number of anilines is 1. The molecule has 1 heterocycles. The van der Waals surface area contributed by atoms with Gasteiger partial charge in [0.2, 0.25) is 0 Å². The Kier molecular flexibility index (Phi) is 4.88. The maximum atomic E-state index is 5.62. The second-order valence-corrected chi connectivity index (χ2v) is 3.99. The number of nitrogens with two attached hydrogens (primary N) is 1. The zero-order valence-corrected chi connectivity index (χ0v) is 10.8. The van der Waals surface area contributed by atoms with E-state index >= 15 is 0 Å². The lowest BCUT2D eigenvalue weighted by Gasteiger charge is -2.00. The van der Waals surface area contributed by atoms with Crippen molar-refractivity contribution in [2.45, 2.75) is 6.42 Å². The number of methoxy groups -OCH3 is 1. The normalized spacial score (nSPS) is 10.8. The molecular weight excluding hydrogens is 246 g/mol. The third-order valence-corrected chi connectivity index (χ3v) is 2.53. The molecule has 0 fully saturated rings. The van der Waals surface area contributed by atoms with Crippen LogP contribution in [0, 0.1) is 0 Å². The van der Waals surface area contributed by atoms with Gasteiger partial charge >= 0.3 is 0 Å². The Labute approximate surface area is 111 Å². The van der Waals surface area contributed by atoms with Crippen molar-refractivity contribution < 1.29 is 14.0 Å². The van der Waals surface area contributed by atoms with Gasteiger partial charge in [0.25, 0.3) is 5.89 Å². The second kappa shape index (κ2) is 6.86. The van der Waals surface area contributed by atoms with Gasteiger partial charge in [-0.2, -0.15) is 4.98 Å². The van der Waals surface area contributed by atoms with Crippen LogP contribution in [0.5, 0.6) is 0 Å². The van der Waals surface area contributed by atoms with Crippen molar-refractivity contribution in [3.05, 3.63) is 30.1 Å². The molecule has 0 bridgehead atoms. The van der Waals surface area contributed by atoms with Crippen molar-refractivity contribution in [2.75, 3.05) is 32.7 Å². The van der Waals surface area contributed by atoms with Crippen molar-refractivity contribution in [1.29, 1.82) is 0 Å². The summed E-state index contributed by atoms with van der Waals surface area (Å²) in [6.07, 6.45) is 0.613. The highest BCUT2D eigenvalue weighted by Crippen LogP contribution is 2.18. The summed E-state index contributed by atoms with van der Waals surface area (Å²) >= 11 is 0. The second-order valence-electron chi connectivity index (χ2n) is 3.99. The Morgan fingerprint density at radius 3 is 2.68 bits per heavy atom. The SMILES string of the molecule is COCCOCCc1noc(-c2ccc(N)cc2)n1. The van der Waals surface area contributed by atoms with Crippen molar-refractivity contribution in [3.63, 3.8) is 0 Å². The van der Waals surface area contributed by atoms with Gasteiger partial charge in [0.15, 0.2) is 5.82 Å². The molecule has 0 unspecified atom stereocenters. The van der Waals surface area contributed by atoms with Crippen LogP contribution in [0.1, 0.15) is 5.82 Å². The monoisotopic (exact) mass is 263 g/mol. The molecule has 102 valence electrons. The molecule has 1 aromatic heterocycles. The third-order valence-electron chi connectivity index (χ3n) is 2.53. The topological polar surface area (TPSA) is 83.4 Å². The first-order chi connectivity index (χ1) is 9.29. The van der Waals surface area contributed by atoms with Gasteiger partial charge in [0, 0.05) is 24.8 Å². The number of ether oxygens (including phenoxy) is 2. The molecule has 2 aromatic rings. The summed E-state index contributed by atoms with van der Waals surface area (Å²) in [5.74, 6) is 1.12. The summed E-state index contributed by atoms with van der Waals surface area (Å²) in [5, 5.41) is 3.90. The largest absolute Gasteiger partial charge is 0.399 e. The molecule has 0 amide bonds. The summed E-state index contributed by atoms with van der Waals surface area (Å²) < 4.78 is 15.4. The molecule has 0 saturated heterocycles. The maximum Gasteiger partial charge on any atom is 0.257 e. The Bertz CT molecular complexity index is 496. The van der Waals surface area contributed by atoms with Crippen molar-refractivity contribution >= 4 is 5.69 Å². The average Bonchev–Trinajstić information content (AvgIpc) is 2.88. The molecule has 0 saturated carbocycles. The number of aromatic nitrogens is 2. The Morgan fingerprint density at radius 1 is 1.16 bits per heavy atom. The van der Waals surface area contributed by atoms with Crippen LogP contribution in [0.2, 0.25) is 0 Å². The minimum Gasteiger partial charge on any atom is -0.399 e. The summed E-state index contributed by atoms with van der Waals surface area (Å²) in [7, 11) is 1.64. The third kappa shape index (κ3) is 4.04. The van der Waals surface area contributed by atoms with E-state index in [0.29, 0.717) is 43.6 Å². The van der Waals surface area contributed by atoms with E-state index in [9.17, 15) is 0 Å². The van der Waals surface area contributed by atoms with E-state index in [1.807, 2.05) is 12.1 Å². The van der Waals surface area contributed by atoms with Crippen molar-refractivity contribution in [1.82, 2.24) is 10.1 Å². The van der Waals surface area contributed by atoms with Crippen LogP contribution < -0.4 is 5.73 Å². The van der Waals surface area contributed by atoms with Gasteiger partial charge in [0.05, 0.1) is 19.8 Å². The highest BCUT2D eigenvalue weighted by atomic mass is 16.5.